The number of ether oxygens (including phenoxy) is 3. The van der Waals surface area contributed by atoms with Crippen molar-refractivity contribution in [1.29, 1.82) is 0 Å². The van der Waals surface area contributed by atoms with Crippen LogP contribution in [0, 0.1) is 0 Å². The minimum atomic E-state index is -0.0226. The molecule has 1 aromatic rings. The molecule has 168 valence electrons. The third-order valence-electron chi connectivity index (χ3n) is 5.88. The molecule has 0 atom stereocenters. The van der Waals surface area contributed by atoms with E-state index in [1.165, 1.54) is 32.1 Å². The number of likely N-dealkylation sites (N-methyl/N-ethyl adjacent to an activating group) is 1. The Kier molecular flexibility index (Phi) is 8.63. The molecule has 0 radical (unpaired) electrons. The summed E-state index contributed by atoms with van der Waals surface area (Å²) in [4.78, 5) is 17.2. The molecule has 1 heterocycles. The summed E-state index contributed by atoms with van der Waals surface area (Å²) in [5, 5.41) is 3.07. The first-order valence-electron chi connectivity index (χ1n) is 11.4. The van der Waals surface area contributed by atoms with Crippen molar-refractivity contribution in [3.8, 4) is 11.5 Å². The maximum atomic E-state index is 12.8. The van der Waals surface area contributed by atoms with Crippen LogP contribution >= 0.6 is 0 Å². The molecule has 1 saturated carbocycles. The summed E-state index contributed by atoms with van der Waals surface area (Å²) >= 11 is 0. The summed E-state index contributed by atoms with van der Waals surface area (Å²) < 4.78 is 17.3. The first-order chi connectivity index (χ1) is 14.6. The molecular formula is C23H37N3O4. The summed E-state index contributed by atoms with van der Waals surface area (Å²) in [7, 11) is 2.05. The monoisotopic (exact) mass is 419 g/mol. The Labute approximate surface area is 180 Å². The maximum absolute atomic E-state index is 12.8. The molecule has 1 aromatic carbocycles. The number of hydrogen-bond acceptors (Lipinski definition) is 6. The second-order valence-electron chi connectivity index (χ2n) is 8.04. The molecule has 1 amide bonds. The number of nitrogens with one attached hydrogen (secondary N) is 1. The molecule has 0 spiro atoms. The lowest BCUT2D eigenvalue weighted by molar-refractivity contribution is -0.117. The highest BCUT2D eigenvalue weighted by molar-refractivity contribution is 5.94. The van der Waals surface area contributed by atoms with Crippen LogP contribution in [0.25, 0.3) is 0 Å². The fraction of sp³-hybridized carbons (Fsp3) is 0.696. The lowest BCUT2D eigenvalue weighted by Crippen LogP contribution is -2.39. The highest BCUT2D eigenvalue weighted by Gasteiger charge is 2.23. The molecule has 0 bridgehead atoms. The molecule has 7 nitrogen and oxygen atoms in total. The average Bonchev–Trinajstić information content (AvgIpc) is 2.77. The van der Waals surface area contributed by atoms with Crippen molar-refractivity contribution in [1.82, 2.24) is 4.90 Å². The number of rotatable bonds is 9. The molecule has 3 rings (SSSR count). The normalized spacial score (nSPS) is 17.8. The van der Waals surface area contributed by atoms with E-state index in [0.29, 0.717) is 50.5 Å². The summed E-state index contributed by atoms with van der Waals surface area (Å²) in [6.07, 6.45) is 6.18. The zero-order chi connectivity index (χ0) is 21.3. The summed E-state index contributed by atoms with van der Waals surface area (Å²) in [6.45, 7) is 8.40. The molecule has 7 heteroatoms. The molecule has 2 fully saturated rings. The summed E-state index contributed by atoms with van der Waals surface area (Å²) in [6, 6.07) is 4.39. The van der Waals surface area contributed by atoms with E-state index < -0.39 is 0 Å². The number of benzene rings is 1. The fourth-order valence-electron chi connectivity index (χ4n) is 4.31. The van der Waals surface area contributed by atoms with Gasteiger partial charge in [-0.3, -0.25) is 9.69 Å². The lowest BCUT2D eigenvalue weighted by atomic mass is 9.94. The van der Waals surface area contributed by atoms with Crippen LogP contribution in [0.4, 0.5) is 11.4 Å². The Bertz CT molecular complexity index is 685. The van der Waals surface area contributed by atoms with E-state index in [2.05, 4.69) is 15.1 Å². The molecule has 1 aliphatic carbocycles. The van der Waals surface area contributed by atoms with Gasteiger partial charge in [0.15, 0.2) is 0 Å². The quantitative estimate of drug-likeness (QED) is 0.661. The van der Waals surface area contributed by atoms with Crippen molar-refractivity contribution in [2.75, 3.05) is 63.3 Å². The smallest absolute Gasteiger partial charge is 0.238 e. The first kappa shape index (κ1) is 22.7. The predicted molar refractivity (Wildman–Crippen MR) is 120 cm³/mol. The van der Waals surface area contributed by atoms with Crippen LogP contribution in [0.1, 0.15) is 46.0 Å². The Morgan fingerprint density at radius 1 is 1.10 bits per heavy atom. The zero-order valence-electron chi connectivity index (χ0n) is 18.7. The van der Waals surface area contributed by atoms with Crippen LogP contribution in [-0.2, 0) is 9.53 Å². The van der Waals surface area contributed by atoms with Gasteiger partial charge >= 0.3 is 0 Å². The molecule has 1 aliphatic heterocycles. The average molecular weight is 420 g/mol. The molecule has 1 saturated heterocycles. The van der Waals surface area contributed by atoms with Crippen LogP contribution < -0.4 is 19.7 Å². The number of amides is 1. The first-order valence-corrected chi connectivity index (χ1v) is 11.4. The second-order valence-corrected chi connectivity index (χ2v) is 8.04. The van der Waals surface area contributed by atoms with Gasteiger partial charge in [-0.1, -0.05) is 19.3 Å². The van der Waals surface area contributed by atoms with E-state index in [-0.39, 0.29) is 5.91 Å². The zero-order valence-corrected chi connectivity index (χ0v) is 18.7. The van der Waals surface area contributed by atoms with E-state index in [9.17, 15) is 4.79 Å². The van der Waals surface area contributed by atoms with Crippen molar-refractivity contribution >= 4 is 17.3 Å². The lowest BCUT2D eigenvalue weighted by Gasteiger charge is -2.31. The third kappa shape index (κ3) is 6.01. The van der Waals surface area contributed by atoms with E-state index >= 15 is 0 Å². The van der Waals surface area contributed by atoms with Gasteiger partial charge < -0.3 is 24.4 Å². The second kappa shape index (κ2) is 11.4. The minimum absolute atomic E-state index is 0.0226. The van der Waals surface area contributed by atoms with Gasteiger partial charge in [-0.15, -0.1) is 0 Å². The Morgan fingerprint density at radius 2 is 1.77 bits per heavy atom. The highest BCUT2D eigenvalue weighted by Crippen LogP contribution is 2.39. The van der Waals surface area contributed by atoms with Gasteiger partial charge in [0, 0.05) is 31.3 Å². The summed E-state index contributed by atoms with van der Waals surface area (Å²) in [5.41, 5.74) is 1.65. The number of hydrogen-bond donors (Lipinski definition) is 1. The molecule has 0 aromatic heterocycles. The SMILES string of the molecule is CCOc1cc(N2CCOCC2)c(OCC)cc1NC(=O)CN(C)C1CCCCC1. The van der Waals surface area contributed by atoms with Crippen molar-refractivity contribution in [3.05, 3.63) is 12.1 Å². The van der Waals surface area contributed by atoms with Gasteiger partial charge in [0.2, 0.25) is 5.91 Å². The van der Waals surface area contributed by atoms with E-state index in [0.717, 1.165) is 24.5 Å². The third-order valence-corrected chi connectivity index (χ3v) is 5.88. The van der Waals surface area contributed by atoms with E-state index in [1.54, 1.807) is 0 Å². The largest absolute Gasteiger partial charge is 0.492 e. The van der Waals surface area contributed by atoms with Crippen molar-refractivity contribution in [2.24, 2.45) is 0 Å². The van der Waals surface area contributed by atoms with Crippen LogP contribution in [0.2, 0.25) is 0 Å². The fourth-order valence-corrected chi connectivity index (χ4v) is 4.31. The van der Waals surface area contributed by atoms with Gasteiger partial charge in [-0.05, 0) is 33.7 Å². The number of anilines is 2. The van der Waals surface area contributed by atoms with Crippen molar-refractivity contribution in [3.63, 3.8) is 0 Å². The topological polar surface area (TPSA) is 63.3 Å². The van der Waals surface area contributed by atoms with Crippen molar-refractivity contribution in [2.45, 2.75) is 52.0 Å². The Hall–Kier alpha value is -1.99. The van der Waals surface area contributed by atoms with Gasteiger partial charge in [0.1, 0.15) is 11.5 Å². The number of morpholine rings is 1. The van der Waals surface area contributed by atoms with Crippen LogP contribution in [-0.4, -0.2) is 70.0 Å². The van der Waals surface area contributed by atoms with Crippen LogP contribution in [0.15, 0.2) is 12.1 Å². The standard InChI is InChI=1S/C23H37N3O4/c1-4-29-21-16-20(26-11-13-28-14-12-26)22(30-5-2)15-19(21)24-23(27)17-25(3)18-9-7-6-8-10-18/h15-16,18H,4-14,17H2,1-3H3,(H,24,27). The molecule has 1 N–H and O–H groups in total. The van der Waals surface area contributed by atoms with Gasteiger partial charge in [-0.25, -0.2) is 0 Å². The van der Waals surface area contributed by atoms with Crippen LogP contribution in [0.5, 0.6) is 11.5 Å². The molecule has 30 heavy (non-hydrogen) atoms. The highest BCUT2D eigenvalue weighted by atomic mass is 16.5. The predicted octanol–water partition coefficient (Wildman–Crippen LogP) is 3.52. The number of carbonyl (C=O) groups excluding carboxylic acids is 1. The molecular weight excluding hydrogens is 382 g/mol. The molecule has 0 unspecified atom stereocenters. The summed E-state index contributed by atoms with van der Waals surface area (Å²) in [5.74, 6) is 1.42. The van der Waals surface area contributed by atoms with E-state index in [1.807, 2.05) is 33.0 Å². The number of carbonyl (C=O) groups is 1. The maximum Gasteiger partial charge on any atom is 0.238 e. The minimum Gasteiger partial charge on any atom is -0.492 e. The number of nitrogens with zero attached hydrogens (tertiary/aromatic N) is 2. The van der Waals surface area contributed by atoms with Crippen molar-refractivity contribution < 1.29 is 19.0 Å². The van der Waals surface area contributed by atoms with Gasteiger partial charge in [0.25, 0.3) is 0 Å². The van der Waals surface area contributed by atoms with E-state index in [4.69, 9.17) is 14.2 Å². The van der Waals surface area contributed by atoms with Gasteiger partial charge in [-0.2, -0.15) is 0 Å². The van der Waals surface area contributed by atoms with Gasteiger partial charge in [0.05, 0.1) is 44.3 Å². The molecule has 2 aliphatic rings. The van der Waals surface area contributed by atoms with Crippen LogP contribution in [0.3, 0.4) is 0 Å². The Balaban J connectivity index is 1.76. The Morgan fingerprint density at radius 3 is 2.43 bits per heavy atom.